The van der Waals surface area contributed by atoms with E-state index in [1.54, 1.807) is 0 Å². The van der Waals surface area contributed by atoms with E-state index in [4.69, 9.17) is 4.74 Å². The van der Waals surface area contributed by atoms with Crippen molar-refractivity contribution < 1.29 is 14.3 Å². The third-order valence-corrected chi connectivity index (χ3v) is 8.68. The van der Waals surface area contributed by atoms with Gasteiger partial charge < -0.3 is 15.0 Å². The van der Waals surface area contributed by atoms with Crippen LogP contribution in [0.3, 0.4) is 0 Å². The van der Waals surface area contributed by atoms with Gasteiger partial charge >= 0.3 is 0 Å². The summed E-state index contributed by atoms with van der Waals surface area (Å²) in [7, 11) is 0. The first kappa shape index (κ1) is 20.7. The molecule has 4 aliphatic carbocycles. The number of amides is 2. The molecule has 4 saturated carbocycles. The van der Waals surface area contributed by atoms with Crippen molar-refractivity contribution in [3.8, 4) is 0 Å². The monoisotopic (exact) mass is 417 g/mol. The molecule has 2 saturated heterocycles. The third kappa shape index (κ3) is 4.02. The van der Waals surface area contributed by atoms with E-state index in [1.807, 2.05) is 4.90 Å². The van der Waals surface area contributed by atoms with E-state index in [-0.39, 0.29) is 23.4 Å². The number of morpholine rings is 1. The van der Waals surface area contributed by atoms with Crippen molar-refractivity contribution >= 4 is 11.8 Å². The number of likely N-dealkylation sites (tertiary alicyclic amines) is 1. The van der Waals surface area contributed by atoms with Gasteiger partial charge in [-0.05, 0) is 82.5 Å². The highest BCUT2D eigenvalue weighted by Crippen LogP contribution is 2.60. The highest BCUT2D eigenvalue weighted by Gasteiger charge is 2.56. The maximum Gasteiger partial charge on any atom is 0.243 e. The molecule has 2 atom stereocenters. The fraction of sp³-hybridized carbons (Fsp3) is 0.917. The Morgan fingerprint density at radius 3 is 2.30 bits per heavy atom. The molecule has 2 amide bonds. The Morgan fingerprint density at radius 2 is 1.67 bits per heavy atom. The highest BCUT2D eigenvalue weighted by atomic mass is 16.5. The summed E-state index contributed by atoms with van der Waals surface area (Å²) in [4.78, 5) is 31.3. The van der Waals surface area contributed by atoms with Crippen LogP contribution in [0.2, 0.25) is 0 Å². The van der Waals surface area contributed by atoms with E-state index in [0.29, 0.717) is 5.91 Å². The highest BCUT2D eigenvalue weighted by molar-refractivity contribution is 5.91. The average molecular weight is 418 g/mol. The van der Waals surface area contributed by atoms with Gasteiger partial charge in [0.25, 0.3) is 0 Å². The number of hydrogen-bond acceptors (Lipinski definition) is 4. The van der Waals surface area contributed by atoms with Crippen LogP contribution in [0.4, 0.5) is 0 Å². The molecule has 2 unspecified atom stereocenters. The lowest BCUT2D eigenvalue weighted by molar-refractivity contribution is -0.160. The molecule has 0 radical (unpaired) electrons. The van der Waals surface area contributed by atoms with Crippen LogP contribution in [0.5, 0.6) is 0 Å². The predicted octanol–water partition coefficient (Wildman–Crippen LogP) is 2.42. The Labute approximate surface area is 181 Å². The van der Waals surface area contributed by atoms with Gasteiger partial charge in [0.1, 0.15) is 6.04 Å². The molecule has 6 fully saturated rings. The zero-order valence-electron chi connectivity index (χ0n) is 18.6. The summed E-state index contributed by atoms with van der Waals surface area (Å²) in [5, 5.41) is 3.23. The van der Waals surface area contributed by atoms with Crippen LogP contribution in [-0.2, 0) is 14.3 Å². The molecule has 2 aliphatic heterocycles. The summed E-state index contributed by atoms with van der Waals surface area (Å²) in [6.45, 7) is 7.44. The van der Waals surface area contributed by atoms with Crippen LogP contribution in [0.1, 0.15) is 64.7 Å². The zero-order chi connectivity index (χ0) is 20.7. The van der Waals surface area contributed by atoms with Crippen molar-refractivity contribution in [3.63, 3.8) is 0 Å². The zero-order valence-corrected chi connectivity index (χ0v) is 18.6. The fourth-order valence-electron chi connectivity index (χ4n) is 7.57. The summed E-state index contributed by atoms with van der Waals surface area (Å²) in [6, 6.07) is -0.117. The molecule has 6 nitrogen and oxygen atoms in total. The average Bonchev–Trinajstić information content (AvgIpc) is 3.21. The predicted molar refractivity (Wildman–Crippen MR) is 115 cm³/mol. The number of nitrogens with zero attached hydrogens (tertiary/aromatic N) is 2. The lowest BCUT2D eigenvalue weighted by atomic mass is 9.49. The number of carbonyl (C=O) groups is 2. The standard InChI is InChI=1S/C24H39N3O3/c1-17(4-6-26-7-9-30-10-8-26)25-22(28)21-3-2-5-27(21)23(29)24-14-18-11-19(15-24)13-20(12-18)16-24/h17-21H,2-16H2,1H3,(H,25,28). The van der Waals surface area contributed by atoms with Crippen molar-refractivity contribution in [1.29, 1.82) is 0 Å². The molecule has 0 spiro atoms. The summed E-state index contributed by atoms with van der Waals surface area (Å²) in [5.41, 5.74) is -0.139. The summed E-state index contributed by atoms with van der Waals surface area (Å²) in [6.07, 6.45) is 10.0. The molecular weight excluding hydrogens is 378 g/mol. The third-order valence-electron chi connectivity index (χ3n) is 8.68. The van der Waals surface area contributed by atoms with Gasteiger partial charge in [-0.15, -0.1) is 0 Å². The van der Waals surface area contributed by atoms with E-state index in [0.717, 1.165) is 95.7 Å². The molecule has 0 aromatic rings. The van der Waals surface area contributed by atoms with Crippen molar-refractivity contribution in [1.82, 2.24) is 15.1 Å². The molecule has 6 heteroatoms. The minimum atomic E-state index is -0.253. The Bertz CT molecular complexity index is 625. The summed E-state index contributed by atoms with van der Waals surface area (Å²) in [5.74, 6) is 2.67. The van der Waals surface area contributed by atoms with E-state index in [1.165, 1.54) is 19.3 Å². The molecule has 0 aromatic carbocycles. The Hall–Kier alpha value is -1.14. The van der Waals surface area contributed by atoms with Gasteiger partial charge in [0.05, 0.1) is 18.6 Å². The molecule has 168 valence electrons. The first-order valence-electron chi connectivity index (χ1n) is 12.4. The van der Waals surface area contributed by atoms with Gasteiger partial charge in [-0.2, -0.15) is 0 Å². The second kappa shape index (κ2) is 8.42. The molecule has 0 aromatic heterocycles. The van der Waals surface area contributed by atoms with Gasteiger partial charge in [0.15, 0.2) is 0 Å². The number of rotatable bonds is 6. The first-order chi connectivity index (χ1) is 14.5. The Balaban J connectivity index is 1.17. The minimum absolute atomic E-state index is 0.0695. The molecule has 6 rings (SSSR count). The van der Waals surface area contributed by atoms with E-state index in [2.05, 4.69) is 17.1 Å². The van der Waals surface area contributed by atoms with Crippen molar-refractivity contribution in [2.45, 2.75) is 76.8 Å². The normalized spacial score (nSPS) is 39.3. The molecular formula is C24H39N3O3. The maximum atomic E-state index is 13.8. The largest absolute Gasteiger partial charge is 0.379 e. The van der Waals surface area contributed by atoms with Crippen molar-refractivity contribution in [3.05, 3.63) is 0 Å². The second-order valence-electron chi connectivity index (χ2n) is 11.0. The van der Waals surface area contributed by atoms with Gasteiger partial charge in [-0.3, -0.25) is 14.5 Å². The quantitative estimate of drug-likeness (QED) is 0.721. The SMILES string of the molecule is CC(CCN1CCOCC1)NC(=O)C1CCCN1C(=O)C12CC3CC(CC(C3)C1)C2. The Morgan fingerprint density at radius 1 is 1.03 bits per heavy atom. The second-order valence-corrected chi connectivity index (χ2v) is 11.0. The van der Waals surface area contributed by atoms with Gasteiger partial charge in [-0.1, -0.05) is 0 Å². The molecule has 1 N–H and O–H groups in total. The van der Waals surface area contributed by atoms with E-state index < -0.39 is 0 Å². The number of carbonyl (C=O) groups excluding carboxylic acids is 2. The first-order valence-corrected chi connectivity index (χ1v) is 12.4. The van der Waals surface area contributed by atoms with E-state index in [9.17, 15) is 9.59 Å². The number of nitrogens with one attached hydrogen (secondary N) is 1. The lowest BCUT2D eigenvalue weighted by Gasteiger charge is -2.56. The minimum Gasteiger partial charge on any atom is -0.379 e. The van der Waals surface area contributed by atoms with Crippen LogP contribution in [-0.4, -0.2) is 73.1 Å². The summed E-state index contributed by atoms with van der Waals surface area (Å²) >= 11 is 0. The van der Waals surface area contributed by atoms with Crippen LogP contribution in [0.25, 0.3) is 0 Å². The van der Waals surface area contributed by atoms with Crippen molar-refractivity contribution in [2.75, 3.05) is 39.4 Å². The van der Waals surface area contributed by atoms with Gasteiger partial charge in [-0.25, -0.2) is 0 Å². The Kier molecular flexibility index (Phi) is 5.82. The molecule has 30 heavy (non-hydrogen) atoms. The fourth-order valence-corrected chi connectivity index (χ4v) is 7.57. The number of hydrogen-bond donors (Lipinski definition) is 1. The van der Waals surface area contributed by atoms with Crippen LogP contribution in [0, 0.1) is 23.2 Å². The molecule has 2 heterocycles. The van der Waals surface area contributed by atoms with Gasteiger partial charge in [0, 0.05) is 32.2 Å². The number of ether oxygens (including phenoxy) is 1. The molecule has 6 aliphatic rings. The topological polar surface area (TPSA) is 61.9 Å². The molecule has 4 bridgehead atoms. The summed E-state index contributed by atoms with van der Waals surface area (Å²) < 4.78 is 5.41. The van der Waals surface area contributed by atoms with Gasteiger partial charge in [0.2, 0.25) is 11.8 Å². The smallest absolute Gasteiger partial charge is 0.243 e. The van der Waals surface area contributed by atoms with E-state index >= 15 is 0 Å². The van der Waals surface area contributed by atoms with Crippen LogP contribution < -0.4 is 5.32 Å². The van der Waals surface area contributed by atoms with Crippen LogP contribution >= 0.6 is 0 Å². The lowest BCUT2D eigenvalue weighted by Crippen LogP contribution is -2.57. The van der Waals surface area contributed by atoms with Crippen molar-refractivity contribution in [2.24, 2.45) is 23.2 Å². The van der Waals surface area contributed by atoms with Crippen LogP contribution in [0.15, 0.2) is 0 Å². The maximum absolute atomic E-state index is 13.8.